The average Bonchev–Trinajstić information content (AvgIpc) is 2.72. The zero-order chi connectivity index (χ0) is 12.7. The van der Waals surface area contributed by atoms with Crippen molar-refractivity contribution >= 4 is 27.4 Å². The van der Waals surface area contributed by atoms with Crippen LogP contribution in [0.15, 0.2) is 48.5 Å². The van der Waals surface area contributed by atoms with Gasteiger partial charge in [0.05, 0.1) is 5.52 Å². The predicted octanol–water partition coefficient (Wildman–Crippen LogP) is 4.75. The Hall–Kier alpha value is -2.02. The van der Waals surface area contributed by atoms with Crippen LogP contribution in [0.5, 0.6) is 0 Å². The molecule has 3 aromatic rings. The lowest BCUT2D eigenvalue weighted by Crippen LogP contribution is -1.91. The molecule has 0 aliphatic carbocycles. The number of rotatable bonds is 1. The van der Waals surface area contributed by atoms with Crippen LogP contribution in [0.2, 0.25) is 0 Å². The highest BCUT2D eigenvalue weighted by Gasteiger charge is 2.11. The first-order valence-electron chi connectivity index (χ1n) is 6.33. The topological polar surface area (TPSA) is 4.93 Å². The molecule has 0 bridgehead atoms. The minimum atomic E-state index is 1.30. The van der Waals surface area contributed by atoms with Gasteiger partial charge < -0.3 is 4.57 Å². The number of fused-ring (bicyclic) bond motifs is 3. The summed E-state index contributed by atoms with van der Waals surface area (Å²) in [6, 6.07) is 15.2. The molecule has 0 saturated heterocycles. The molecule has 0 radical (unpaired) electrons. The summed E-state index contributed by atoms with van der Waals surface area (Å²) in [5.41, 5.74) is 5.28. The van der Waals surface area contributed by atoms with Gasteiger partial charge >= 0.3 is 0 Å². The Bertz CT molecular complexity index is 760. The van der Waals surface area contributed by atoms with Crippen LogP contribution < -0.4 is 0 Å². The van der Waals surface area contributed by atoms with E-state index in [-0.39, 0.29) is 0 Å². The third kappa shape index (κ3) is 1.40. The maximum atomic E-state index is 2.30. The standard InChI is InChI=1S/C17H17N/c1-4-12(2)13-9-7-10-15-14-8-5-6-11-16(14)18(3)17(13)15/h4-11H,1-3H3/b12-4+. The summed E-state index contributed by atoms with van der Waals surface area (Å²) < 4.78 is 2.30. The first kappa shape index (κ1) is 11.1. The molecule has 0 spiro atoms. The molecule has 0 amide bonds. The first-order chi connectivity index (χ1) is 8.74. The van der Waals surface area contributed by atoms with E-state index >= 15 is 0 Å². The minimum absolute atomic E-state index is 1.30. The SMILES string of the molecule is C/C=C(\C)c1cccc2c3ccccc3n(C)c12. The Morgan fingerprint density at radius 1 is 1.00 bits per heavy atom. The fourth-order valence-electron chi connectivity index (χ4n) is 2.71. The van der Waals surface area contributed by atoms with E-state index < -0.39 is 0 Å². The molecule has 1 heteroatoms. The highest BCUT2D eigenvalue weighted by Crippen LogP contribution is 2.32. The van der Waals surface area contributed by atoms with Gasteiger partial charge in [-0.05, 0) is 25.5 Å². The van der Waals surface area contributed by atoms with Gasteiger partial charge in [-0.25, -0.2) is 0 Å². The molecule has 0 unspecified atom stereocenters. The van der Waals surface area contributed by atoms with Crippen molar-refractivity contribution in [2.45, 2.75) is 13.8 Å². The third-order valence-electron chi connectivity index (χ3n) is 3.78. The monoisotopic (exact) mass is 235 g/mol. The Balaban J connectivity index is 2.56. The van der Waals surface area contributed by atoms with Crippen molar-refractivity contribution in [1.82, 2.24) is 4.57 Å². The molecule has 18 heavy (non-hydrogen) atoms. The molecular formula is C17H17N. The second kappa shape index (κ2) is 4.02. The molecule has 0 N–H and O–H groups in total. The van der Waals surface area contributed by atoms with Gasteiger partial charge in [-0.1, -0.05) is 42.5 Å². The summed E-state index contributed by atoms with van der Waals surface area (Å²) in [5, 5.41) is 2.67. The highest BCUT2D eigenvalue weighted by molar-refractivity contribution is 6.11. The van der Waals surface area contributed by atoms with Gasteiger partial charge in [0.1, 0.15) is 0 Å². The van der Waals surface area contributed by atoms with Crippen molar-refractivity contribution in [3.8, 4) is 0 Å². The van der Waals surface area contributed by atoms with Gasteiger partial charge in [-0.3, -0.25) is 0 Å². The number of nitrogens with zero attached hydrogens (tertiary/aromatic N) is 1. The van der Waals surface area contributed by atoms with Crippen LogP contribution in [0.3, 0.4) is 0 Å². The molecule has 2 aromatic carbocycles. The van der Waals surface area contributed by atoms with E-state index in [2.05, 4.69) is 74.0 Å². The Kier molecular flexibility index (Phi) is 2.48. The maximum absolute atomic E-state index is 2.30. The highest BCUT2D eigenvalue weighted by atomic mass is 14.9. The summed E-state index contributed by atoms with van der Waals surface area (Å²) in [7, 11) is 2.15. The quantitative estimate of drug-likeness (QED) is 0.573. The Morgan fingerprint density at radius 3 is 2.50 bits per heavy atom. The van der Waals surface area contributed by atoms with E-state index in [1.165, 1.54) is 32.9 Å². The second-order valence-corrected chi connectivity index (χ2v) is 4.75. The van der Waals surface area contributed by atoms with E-state index in [0.29, 0.717) is 0 Å². The third-order valence-corrected chi connectivity index (χ3v) is 3.78. The van der Waals surface area contributed by atoms with Gasteiger partial charge in [0.2, 0.25) is 0 Å². The maximum Gasteiger partial charge on any atom is 0.0564 e. The molecule has 0 aliphatic heterocycles. The number of hydrogen-bond donors (Lipinski definition) is 0. The molecule has 3 rings (SSSR count). The fourth-order valence-corrected chi connectivity index (χ4v) is 2.71. The number of para-hydroxylation sites is 2. The second-order valence-electron chi connectivity index (χ2n) is 4.75. The fraction of sp³-hybridized carbons (Fsp3) is 0.176. The van der Waals surface area contributed by atoms with Gasteiger partial charge in [0.15, 0.2) is 0 Å². The van der Waals surface area contributed by atoms with Crippen LogP contribution in [0.25, 0.3) is 27.4 Å². The normalized spacial score (nSPS) is 12.5. The molecule has 1 nitrogen and oxygen atoms in total. The molecule has 0 atom stereocenters. The van der Waals surface area contributed by atoms with Crippen molar-refractivity contribution in [3.63, 3.8) is 0 Å². The number of hydrogen-bond acceptors (Lipinski definition) is 0. The molecule has 0 saturated carbocycles. The predicted molar refractivity (Wildman–Crippen MR) is 79.8 cm³/mol. The van der Waals surface area contributed by atoms with E-state index in [0.717, 1.165) is 0 Å². The van der Waals surface area contributed by atoms with Crippen LogP contribution in [0.1, 0.15) is 19.4 Å². The molecule has 90 valence electrons. The molecule has 1 heterocycles. The lowest BCUT2D eigenvalue weighted by Gasteiger charge is -2.06. The lowest BCUT2D eigenvalue weighted by atomic mass is 10.0. The summed E-state index contributed by atoms with van der Waals surface area (Å²) in [4.78, 5) is 0. The molecule has 0 aliphatic rings. The minimum Gasteiger partial charge on any atom is -0.343 e. The number of benzene rings is 2. The van der Waals surface area contributed by atoms with Crippen molar-refractivity contribution in [3.05, 3.63) is 54.1 Å². The van der Waals surface area contributed by atoms with Crippen molar-refractivity contribution in [2.24, 2.45) is 7.05 Å². The van der Waals surface area contributed by atoms with Crippen molar-refractivity contribution in [1.29, 1.82) is 0 Å². The van der Waals surface area contributed by atoms with E-state index in [9.17, 15) is 0 Å². The van der Waals surface area contributed by atoms with Gasteiger partial charge in [0.25, 0.3) is 0 Å². The van der Waals surface area contributed by atoms with Crippen molar-refractivity contribution in [2.75, 3.05) is 0 Å². The summed E-state index contributed by atoms with van der Waals surface area (Å²) in [6.45, 7) is 4.27. The van der Waals surface area contributed by atoms with E-state index in [4.69, 9.17) is 0 Å². The van der Waals surface area contributed by atoms with Crippen LogP contribution >= 0.6 is 0 Å². The first-order valence-corrected chi connectivity index (χ1v) is 6.33. The zero-order valence-corrected chi connectivity index (χ0v) is 11.1. The molecular weight excluding hydrogens is 218 g/mol. The number of aryl methyl sites for hydroxylation is 1. The Labute approximate surface area is 107 Å². The summed E-state index contributed by atoms with van der Waals surface area (Å²) >= 11 is 0. The zero-order valence-electron chi connectivity index (χ0n) is 11.1. The summed E-state index contributed by atoms with van der Waals surface area (Å²) in [6.07, 6.45) is 2.17. The van der Waals surface area contributed by atoms with Gasteiger partial charge in [0, 0.05) is 28.9 Å². The number of allylic oxidation sites excluding steroid dienone is 2. The van der Waals surface area contributed by atoms with Crippen LogP contribution in [0, 0.1) is 0 Å². The van der Waals surface area contributed by atoms with Crippen molar-refractivity contribution < 1.29 is 0 Å². The number of aromatic nitrogens is 1. The van der Waals surface area contributed by atoms with Gasteiger partial charge in [-0.2, -0.15) is 0 Å². The summed E-state index contributed by atoms with van der Waals surface area (Å²) in [5.74, 6) is 0. The molecule has 1 aromatic heterocycles. The molecule has 0 fully saturated rings. The largest absolute Gasteiger partial charge is 0.343 e. The smallest absolute Gasteiger partial charge is 0.0564 e. The Morgan fingerprint density at radius 2 is 1.72 bits per heavy atom. The van der Waals surface area contributed by atoms with Gasteiger partial charge in [-0.15, -0.1) is 0 Å². The average molecular weight is 235 g/mol. The van der Waals surface area contributed by atoms with Crippen LogP contribution in [0.4, 0.5) is 0 Å². The van der Waals surface area contributed by atoms with Crippen LogP contribution in [-0.2, 0) is 7.05 Å². The van der Waals surface area contributed by atoms with E-state index in [1.807, 2.05) is 0 Å². The van der Waals surface area contributed by atoms with Crippen LogP contribution in [-0.4, -0.2) is 4.57 Å². The van der Waals surface area contributed by atoms with E-state index in [1.54, 1.807) is 0 Å². The lowest BCUT2D eigenvalue weighted by molar-refractivity contribution is 1.01.